The number of amides is 11. The number of fused-ring (bicyclic) bond motifs is 6. The summed E-state index contributed by atoms with van der Waals surface area (Å²) in [6, 6.07) is 27.1. The summed E-state index contributed by atoms with van der Waals surface area (Å²) in [5, 5.41) is 45.3. The van der Waals surface area contributed by atoms with Crippen LogP contribution in [0.1, 0.15) is 219 Å². The van der Waals surface area contributed by atoms with Gasteiger partial charge in [0.15, 0.2) is 0 Å². The second-order valence-electron chi connectivity index (χ2n) is 30.4. The number of aryl methyl sites for hydroxylation is 7. The molecule has 4 atom stereocenters. The molecule has 11 N–H and O–H groups in total. The number of carboxylic acids is 1. The minimum atomic E-state index is -1.07. The Morgan fingerprint density at radius 1 is 0.547 bits per heavy atom. The molecule has 2 aliphatic carbocycles. The van der Waals surface area contributed by atoms with Crippen LogP contribution in [0.5, 0.6) is 11.5 Å². The van der Waals surface area contributed by atoms with Gasteiger partial charge in [0.05, 0.1) is 72.2 Å². The molecule has 0 spiro atoms. The summed E-state index contributed by atoms with van der Waals surface area (Å²) in [7, 11) is 0. The number of imide groups is 4. The molecule has 6 aromatic carbocycles. The summed E-state index contributed by atoms with van der Waals surface area (Å²) < 4.78 is 16.4. The van der Waals surface area contributed by atoms with Crippen LogP contribution < -0.4 is 47.1 Å². The Kier molecular flexibility index (Phi) is 24.7. The molecule has 8 aliphatic rings. The molecule has 2 aromatic heterocycles. The highest BCUT2D eigenvalue weighted by atomic mass is 16.5. The van der Waals surface area contributed by atoms with Crippen molar-refractivity contribution in [3.05, 3.63) is 205 Å². The van der Waals surface area contributed by atoms with Crippen molar-refractivity contribution >= 4 is 76.6 Å². The van der Waals surface area contributed by atoms with Crippen LogP contribution in [0.2, 0.25) is 0 Å². The van der Waals surface area contributed by atoms with Gasteiger partial charge >= 0.3 is 5.97 Å². The molecule has 8 aromatic rings. The Labute approximate surface area is 673 Å². The normalized spacial score (nSPS) is 18.0. The van der Waals surface area contributed by atoms with Crippen LogP contribution in [0.15, 0.2) is 109 Å². The van der Waals surface area contributed by atoms with Gasteiger partial charge in [-0.25, -0.2) is 9.97 Å². The summed E-state index contributed by atoms with van der Waals surface area (Å²) in [6.07, 6.45) is 14.2. The van der Waals surface area contributed by atoms with Crippen LogP contribution >= 0.6 is 0 Å². The van der Waals surface area contributed by atoms with Gasteiger partial charge < -0.3 is 60.9 Å². The number of ether oxygens (including phenoxy) is 2. The summed E-state index contributed by atoms with van der Waals surface area (Å²) in [6.45, 7) is 7.11. The van der Waals surface area contributed by atoms with Gasteiger partial charge in [-0.1, -0.05) is 42.5 Å². The van der Waals surface area contributed by atoms with Gasteiger partial charge in [0.2, 0.25) is 29.5 Å². The van der Waals surface area contributed by atoms with Crippen molar-refractivity contribution in [3.63, 3.8) is 0 Å². The number of aliphatic hydroxyl groups is 2. The number of rotatable bonds is 27. The Morgan fingerprint density at radius 2 is 1.05 bits per heavy atom. The second-order valence-corrected chi connectivity index (χ2v) is 30.4. The van der Waals surface area contributed by atoms with Crippen molar-refractivity contribution in [1.82, 2.24) is 55.5 Å². The number of nitrogens with zero attached hydrogens (tertiary/aromatic N) is 6. The van der Waals surface area contributed by atoms with E-state index in [1.54, 1.807) is 48.5 Å². The Hall–Kier alpha value is -12.5. The average Bonchev–Trinajstić information content (AvgIpc) is 1.62. The first-order chi connectivity index (χ1) is 56.6. The number of aliphatic hydroxyl groups excluding tert-OH is 2. The van der Waals surface area contributed by atoms with E-state index in [9.17, 15) is 67.7 Å². The number of carboxylic acid groups (broad SMARTS) is 1. The van der Waals surface area contributed by atoms with Crippen LogP contribution in [0.25, 0.3) is 22.5 Å². The van der Waals surface area contributed by atoms with Crippen molar-refractivity contribution < 1.29 is 82.3 Å². The molecule has 8 heterocycles. The number of nitrogens with two attached hydrogens (primary N) is 1. The summed E-state index contributed by atoms with van der Waals surface area (Å²) in [5.41, 5.74) is 19.8. The smallest absolute Gasteiger partial charge is 0.303 e. The van der Waals surface area contributed by atoms with Crippen molar-refractivity contribution in [2.75, 3.05) is 38.2 Å². The Bertz CT molecular complexity index is 5290. The monoisotopic (exact) mass is 1590 g/mol. The van der Waals surface area contributed by atoms with E-state index in [2.05, 4.69) is 89.8 Å². The van der Waals surface area contributed by atoms with E-state index in [1.807, 2.05) is 13.8 Å². The summed E-state index contributed by atoms with van der Waals surface area (Å²) in [5.74, 6) is -2.79. The number of aliphatic carboxylic acids is 1. The fourth-order valence-corrected chi connectivity index (χ4v) is 16.5. The molecule has 2 saturated heterocycles. The fraction of sp³-hybridized carbons (Fsp3) is 0.379. The van der Waals surface area contributed by atoms with E-state index < -0.39 is 65.3 Å². The highest BCUT2D eigenvalue weighted by molar-refractivity contribution is 6.26. The fourth-order valence-electron chi connectivity index (χ4n) is 16.5. The first-order valence-corrected chi connectivity index (χ1v) is 39.9. The van der Waals surface area contributed by atoms with Crippen LogP contribution in [0.4, 0.5) is 5.69 Å². The minimum Gasteiger partial charge on any atom is -0.493 e. The molecule has 608 valence electrons. The number of imidazole rings is 2. The van der Waals surface area contributed by atoms with Crippen LogP contribution in [-0.4, -0.2) is 160 Å². The van der Waals surface area contributed by atoms with E-state index in [0.29, 0.717) is 84.0 Å². The number of nitrogens with one attached hydrogen (secondary N) is 6. The molecule has 30 heteroatoms. The molecule has 117 heavy (non-hydrogen) atoms. The number of aromatic nitrogens is 4. The molecule has 16 rings (SSSR count). The highest BCUT2D eigenvalue weighted by Gasteiger charge is 2.47. The number of carbonyl (C=O) groups excluding carboxylic acids is 11. The molecular weight excluding hydrogens is 1500 g/mol. The lowest BCUT2D eigenvalue weighted by Gasteiger charge is -2.27. The zero-order valence-corrected chi connectivity index (χ0v) is 65.1. The second kappa shape index (κ2) is 35.7. The largest absolute Gasteiger partial charge is 0.493 e. The predicted molar refractivity (Wildman–Crippen MR) is 425 cm³/mol. The maximum absolute atomic E-state index is 13.6. The lowest BCUT2D eigenvalue weighted by Crippen LogP contribution is -2.54. The predicted octanol–water partition coefficient (Wildman–Crippen LogP) is 7.44. The van der Waals surface area contributed by atoms with Gasteiger partial charge in [0.1, 0.15) is 35.2 Å². The van der Waals surface area contributed by atoms with Crippen molar-refractivity contribution in [2.45, 2.75) is 180 Å². The molecule has 0 bridgehead atoms. The molecule has 11 amide bonds. The number of hydrogen-bond acceptors (Lipinski definition) is 20. The SMILES string of the molecule is Cc1c(CO)cc(C(=O)N[C@@H]2CCc3ccc(-c4cn5c(n4)CCC5)cc32)cc1OCCCN.Cc1c(CO)cc(C(=O)N[C@@H]2CCc3ccc(-c4cn5c(n4)CCC5)cc32)cc1OCCCNC(=O)CCNc1cccc2c1C(=O)N(C1CCC(=O)NC1=O)C2=O.O=C(O)CCCc1cccc2c1C(=O)N(C1CCC(=O)NC1=O)C2=O. The number of carbonyl (C=O) groups is 12. The van der Waals surface area contributed by atoms with Gasteiger partial charge in [-0.15, -0.1) is 0 Å². The third-order valence-electron chi connectivity index (χ3n) is 22.8. The van der Waals surface area contributed by atoms with Crippen LogP contribution in [0.3, 0.4) is 0 Å². The van der Waals surface area contributed by atoms with Gasteiger partial charge in [0, 0.05) is 105 Å². The molecule has 30 nitrogen and oxygen atoms in total. The molecular formula is C87H93N13O17. The Balaban J connectivity index is 0.000000161. The zero-order valence-electron chi connectivity index (χ0n) is 65.1. The molecule has 6 aliphatic heterocycles. The molecule has 2 unspecified atom stereocenters. The third kappa shape index (κ3) is 17.5. The maximum Gasteiger partial charge on any atom is 0.303 e. The number of anilines is 1. The molecule has 0 radical (unpaired) electrons. The summed E-state index contributed by atoms with van der Waals surface area (Å²) >= 11 is 0. The Morgan fingerprint density at radius 3 is 1.55 bits per heavy atom. The topological polar surface area (TPSA) is 424 Å². The lowest BCUT2D eigenvalue weighted by molar-refractivity contribution is -0.138. The standard InChI is InChI=1S/C43H45N7O8.C27H32N4O3.C17H16N2O6/c1-24-28(23-51)19-27(40(54)47-31-11-10-25-8-9-26(20-30(25)31)33-22-49-17-3-7-36(49)46-33)21-35(24)58-18-4-15-45-37(52)14-16-44-32-6-2-5-29-39(32)43(57)50(42(29)56)34-12-13-38(53)48-41(34)55;1-17-21(16-32)12-20(14-25(17)34-11-3-9-28)27(33)30-23-8-7-18-5-6-19(13-22(18)23)24-15-31-10-2-4-26(31)29-24;20-12-8-7-11(15(23)18-12)19-16(24)10-5-1-3-9(14(10)17(19)25)4-2-6-13(21)22/h2,5-6,8-9,19-22,31,34,44,51H,3-4,7,10-18,23H2,1H3,(H,45,52)(H,47,54)(H,48,53,55);5-6,12-15,23,32H,2-4,7-11,16,28H2,1H3,(H,30,33);1,3,5,11H,2,4,6-8H2,(H,21,22)(H,18,20,23)/t31-,34?;23-;/m11./s1. The van der Waals surface area contributed by atoms with Gasteiger partial charge in [-0.3, -0.25) is 78.0 Å². The van der Waals surface area contributed by atoms with Crippen molar-refractivity contribution in [1.29, 1.82) is 0 Å². The van der Waals surface area contributed by atoms with E-state index in [-0.39, 0.29) is 117 Å². The van der Waals surface area contributed by atoms with E-state index in [1.165, 1.54) is 23.3 Å². The van der Waals surface area contributed by atoms with Crippen molar-refractivity contribution in [2.24, 2.45) is 5.73 Å². The molecule has 0 saturated carbocycles. The van der Waals surface area contributed by atoms with Crippen LogP contribution in [-0.2, 0) is 87.2 Å². The molecule has 2 fully saturated rings. The summed E-state index contributed by atoms with van der Waals surface area (Å²) in [4.78, 5) is 161. The maximum atomic E-state index is 13.6. The van der Waals surface area contributed by atoms with E-state index in [4.69, 9.17) is 30.3 Å². The van der Waals surface area contributed by atoms with Gasteiger partial charge in [0.25, 0.3) is 35.4 Å². The number of benzene rings is 6. The number of hydrogen-bond donors (Lipinski definition) is 10. The first-order valence-electron chi connectivity index (χ1n) is 39.9. The van der Waals surface area contributed by atoms with Crippen molar-refractivity contribution in [3.8, 4) is 34.0 Å². The third-order valence-corrected chi connectivity index (χ3v) is 22.8. The average molecular weight is 1590 g/mol. The van der Waals surface area contributed by atoms with E-state index in [0.717, 1.165) is 137 Å². The van der Waals surface area contributed by atoms with Gasteiger partial charge in [-0.05, 0) is 202 Å². The van der Waals surface area contributed by atoms with Gasteiger partial charge in [-0.2, -0.15) is 0 Å². The number of piperidine rings is 2. The first kappa shape index (κ1) is 81.0. The zero-order chi connectivity index (χ0) is 82.3. The highest BCUT2D eigenvalue weighted by Crippen LogP contribution is 2.40. The van der Waals surface area contributed by atoms with E-state index >= 15 is 0 Å². The quantitative estimate of drug-likeness (QED) is 0.0176. The minimum absolute atomic E-state index is 0.0273. The van der Waals surface area contributed by atoms with Crippen LogP contribution in [0, 0.1) is 13.8 Å². The lowest BCUT2D eigenvalue weighted by atomic mass is 9.98.